The molecule has 3 nitrogen and oxygen atoms in total. The standard InChI is InChI=1S/C11H15NO2/c1-8-5-4-6-10(7-8)9(2)12-11(13)14-3/h4-7,9H,1-3H3,(H,12,13). The highest BCUT2D eigenvalue weighted by atomic mass is 16.5. The molecule has 0 saturated carbocycles. The lowest BCUT2D eigenvalue weighted by Gasteiger charge is -2.13. The first-order valence-electron chi connectivity index (χ1n) is 4.54. The molecule has 1 atom stereocenters. The SMILES string of the molecule is COC(=O)NC(C)c1cccc(C)c1. The molecule has 0 radical (unpaired) electrons. The summed E-state index contributed by atoms with van der Waals surface area (Å²) in [5.41, 5.74) is 2.26. The number of benzene rings is 1. The van der Waals surface area contributed by atoms with Crippen LogP contribution in [-0.4, -0.2) is 13.2 Å². The van der Waals surface area contributed by atoms with Gasteiger partial charge in [0.15, 0.2) is 0 Å². The van der Waals surface area contributed by atoms with Gasteiger partial charge in [-0.25, -0.2) is 4.79 Å². The van der Waals surface area contributed by atoms with Crippen molar-refractivity contribution in [1.29, 1.82) is 0 Å². The van der Waals surface area contributed by atoms with Crippen molar-refractivity contribution in [2.45, 2.75) is 19.9 Å². The van der Waals surface area contributed by atoms with Gasteiger partial charge in [-0.3, -0.25) is 0 Å². The Morgan fingerprint density at radius 2 is 2.21 bits per heavy atom. The van der Waals surface area contributed by atoms with Gasteiger partial charge in [0.2, 0.25) is 0 Å². The van der Waals surface area contributed by atoms with Crippen LogP contribution in [0.4, 0.5) is 4.79 Å². The molecule has 0 spiro atoms. The molecule has 0 aliphatic carbocycles. The van der Waals surface area contributed by atoms with E-state index in [2.05, 4.69) is 10.1 Å². The number of carbonyl (C=O) groups is 1. The summed E-state index contributed by atoms with van der Waals surface area (Å²) in [5, 5.41) is 2.71. The highest BCUT2D eigenvalue weighted by molar-refractivity contribution is 5.67. The number of rotatable bonds is 2. The van der Waals surface area contributed by atoms with Crippen molar-refractivity contribution in [2.24, 2.45) is 0 Å². The van der Waals surface area contributed by atoms with Crippen LogP contribution in [0, 0.1) is 6.92 Å². The number of amides is 1. The molecule has 0 heterocycles. The summed E-state index contributed by atoms with van der Waals surface area (Å²) in [4.78, 5) is 10.9. The topological polar surface area (TPSA) is 38.3 Å². The Morgan fingerprint density at radius 1 is 1.50 bits per heavy atom. The molecular formula is C11H15NO2. The summed E-state index contributed by atoms with van der Waals surface area (Å²) in [7, 11) is 1.36. The Bertz CT molecular complexity index is 323. The number of nitrogens with one attached hydrogen (secondary N) is 1. The van der Waals surface area contributed by atoms with Crippen molar-refractivity contribution in [3.8, 4) is 0 Å². The minimum atomic E-state index is -0.404. The van der Waals surface area contributed by atoms with Crippen LogP contribution in [0.25, 0.3) is 0 Å². The Morgan fingerprint density at radius 3 is 2.79 bits per heavy atom. The predicted molar refractivity (Wildman–Crippen MR) is 55.1 cm³/mol. The van der Waals surface area contributed by atoms with Crippen LogP contribution >= 0.6 is 0 Å². The zero-order valence-corrected chi connectivity index (χ0v) is 8.70. The Balaban J connectivity index is 2.69. The number of aryl methyl sites for hydroxylation is 1. The molecule has 0 fully saturated rings. The second-order valence-electron chi connectivity index (χ2n) is 3.27. The summed E-state index contributed by atoms with van der Waals surface area (Å²) >= 11 is 0. The number of hydrogen-bond acceptors (Lipinski definition) is 2. The maximum Gasteiger partial charge on any atom is 0.407 e. The molecule has 76 valence electrons. The van der Waals surface area contributed by atoms with Crippen molar-refractivity contribution < 1.29 is 9.53 Å². The van der Waals surface area contributed by atoms with E-state index in [1.807, 2.05) is 38.1 Å². The van der Waals surface area contributed by atoms with Crippen molar-refractivity contribution in [3.63, 3.8) is 0 Å². The van der Waals surface area contributed by atoms with Crippen LogP contribution < -0.4 is 5.32 Å². The van der Waals surface area contributed by atoms with E-state index >= 15 is 0 Å². The Hall–Kier alpha value is -1.51. The average molecular weight is 193 g/mol. The highest BCUT2D eigenvalue weighted by Gasteiger charge is 2.08. The maximum atomic E-state index is 10.9. The second-order valence-corrected chi connectivity index (χ2v) is 3.27. The van der Waals surface area contributed by atoms with E-state index in [1.54, 1.807) is 0 Å². The number of alkyl carbamates (subject to hydrolysis) is 1. The van der Waals surface area contributed by atoms with Crippen LogP contribution in [0.15, 0.2) is 24.3 Å². The minimum Gasteiger partial charge on any atom is -0.453 e. The fourth-order valence-electron chi connectivity index (χ4n) is 1.26. The predicted octanol–water partition coefficient (Wildman–Crippen LogP) is 2.41. The third-order valence-electron chi connectivity index (χ3n) is 2.06. The van der Waals surface area contributed by atoms with Crippen LogP contribution in [0.5, 0.6) is 0 Å². The molecule has 1 N–H and O–H groups in total. The van der Waals surface area contributed by atoms with Crippen molar-refractivity contribution in [2.75, 3.05) is 7.11 Å². The first-order valence-corrected chi connectivity index (χ1v) is 4.54. The van der Waals surface area contributed by atoms with Crippen LogP contribution in [0.2, 0.25) is 0 Å². The monoisotopic (exact) mass is 193 g/mol. The number of ether oxygens (including phenoxy) is 1. The van der Waals surface area contributed by atoms with Gasteiger partial charge in [0, 0.05) is 0 Å². The van der Waals surface area contributed by atoms with Gasteiger partial charge in [-0.1, -0.05) is 29.8 Å². The van der Waals surface area contributed by atoms with E-state index in [0.717, 1.165) is 5.56 Å². The lowest BCUT2D eigenvalue weighted by Crippen LogP contribution is -2.26. The number of carbonyl (C=O) groups excluding carboxylic acids is 1. The van der Waals surface area contributed by atoms with E-state index in [1.165, 1.54) is 12.7 Å². The zero-order chi connectivity index (χ0) is 10.6. The van der Waals surface area contributed by atoms with E-state index in [-0.39, 0.29) is 6.04 Å². The summed E-state index contributed by atoms with van der Waals surface area (Å²) in [5.74, 6) is 0. The number of hydrogen-bond donors (Lipinski definition) is 1. The highest BCUT2D eigenvalue weighted by Crippen LogP contribution is 2.13. The van der Waals surface area contributed by atoms with Gasteiger partial charge in [-0.05, 0) is 19.4 Å². The minimum absolute atomic E-state index is 0.0256. The van der Waals surface area contributed by atoms with Gasteiger partial charge in [0.05, 0.1) is 13.2 Å². The largest absolute Gasteiger partial charge is 0.453 e. The third kappa shape index (κ3) is 2.76. The molecule has 0 saturated heterocycles. The fourth-order valence-corrected chi connectivity index (χ4v) is 1.26. The van der Waals surface area contributed by atoms with Crippen molar-refractivity contribution >= 4 is 6.09 Å². The molecule has 14 heavy (non-hydrogen) atoms. The number of methoxy groups -OCH3 is 1. The average Bonchev–Trinajstić information content (AvgIpc) is 2.17. The van der Waals surface area contributed by atoms with Gasteiger partial charge in [0.25, 0.3) is 0 Å². The van der Waals surface area contributed by atoms with E-state index in [0.29, 0.717) is 0 Å². The molecule has 3 heteroatoms. The Kier molecular flexibility index (Phi) is 3.51. The van der Waals surface area contributed by atoms with Gasteiger partial charge in [0.1, 0.15) is 0 Å². The molecular weight excluding hydrogens is 178 g/mol. The third-order valence-corrected chi connectivity index (χ3v) is 2.06. The maximum absolute atomic E-state index is 10.9. The van der Waals surface area contributed by atoms with Gasteiger partial charge in [-0.15, -0.1) is 0 Å². The molecule has 0 aliphatic rings. The van der Waals surface area contributed by atoms with E-state index < -0.39 is 6.09 Å². The zero-order valence-electron chi connectivity index (χ0n) is 8.70. The molecule has 0 bridgehead atoms. The Labute approximate surface area is 84.1 Å². The van der Waals surface area contributed by atoms with Crippen LogP contribution in [-0.2, 0) is 4.74 Å². The first-order chi connectivity index (χ1) is 6.63. The van der Waals surface area contributed by atoms with Crippen molar-refractivity contribution in [1.82, 2.24) is 5.32 Å². The molecule has 1 unspecified atom stereocenters. The van der Waals surface area contributed by atoms with Crippen LogP contribution in [0.3, 0.4) is 0 Å². The second kappa shape index (κ2) is 4.65. The molecule has 1 rings (SSSR count). The van der Waals surface area contributed by atoms with Gasteiger partial charge in [-0.2, -0.15) is 0 Å². The summed E-state index contributed by atoms with van der Waals surface area (Å²) in [6, 6.07) is 7.99. The molecule has 1 aromatic carbocycles. The molecule has 0 aliphatic heterocycles. The quantitative estimate of drug-likeness (QED) is 0.783. The summed E-state index contributed by atoms with van der Waals surface area (Å²) in [6.45, 7) is 3.94. The smallest absolute Gasteiger partial charge is 0.407 e. The normalized spacial score (nSPS) is 11.9. The van der Waals surface area contributed by atoms with Crippen LogP contribution in [0.1, 0.15) is 24.1 Å². The fraction of sp³-hybridized carbons (Fsp3) is 0.364. The van der Waals surface area contributed by atoms with E-state index in [4.69, 9.17) is 0 Å². The lowest BCUT2D eigenvalue weighted by atomic mass is 10.1. The summed E-state index contributed by atoms with van der Waals surface area (Å²) in [6.07, 6.45) is -0.404. The molecule has 1 amide bonds. The van der Waals surface area contributed by atoms with Gasteiger partial charge >= 0.3 is 6.09 Å². The first kappa shape index (κ1) is 10.6. The van der Waals surface area contributed by atoms with E-state index in [9.17, 15) is 4.79 Å². The van der Waals surface area contributed by atoms with Crippen molar-refractivity contribution in [3.05, 3.63) is 35.4 Å². The van der Waals surface area contributed by atoms with Gasteiger partial charge < -0.3 is 10.1 Å². The molecule has 0 aromatic heterocycles. The summed E-state index contributed by atoms with van der Waals surface area (Å²) < 4.78 is 4.52. The molecule has 1 aromatic rings. The lowest BCUT2D eigenvalue weighted by molar-refractivity contribution is 0.167.